The van der Waals surface area contributed by atoms with E-state index >= 15 is 0 Å². The summed E-state index contributed by atoms with van der Waals surface area (Å²) in [6.45, 7) is 3.79. The van der Waals surface area contributed by atoms with Crippen molar-refractivity contribution in [3.63, 3.8) is 0 Å². The zero-order chi connectivity index (χ0) is 20.4. The van der Waals surface area contributed by atoms with E-state index in [-0.39, 0.29) is 17.0 Å². The fourth-order valence-corrected chi connectivity index (χ4v) is 2.99. The fraction of sp³-hybridized carbons (Fsp3) is 0.238. The highest BCUT2D eigenvalue weighted by Gasteiger charge is 2.23. The topological polar surface area (TPSA) is 87.0 Å². The first kappa shape index (κ1) is 19.3. The molecule has 0 saturated carbocycles. The van der Waals surface area contributed by atoms with Gasteiger partial charge in [-0.05, 0) is 26.0 Å². The van der Waals surface area contributed by atoms with E-state index < -0.39 is 11.9 Å². The Kier molecular flexibility index (Phi) is 5.26. The minimum Gasteiger partial charge on any atom is -0.493 e. The molecule has 0 unspecified atom stereocenters. The molecule has 1 amide bonds. The summed E-state index contributed by atoms with van der Waals surface area (Å²) in [5.41, 5.74) is 2.77. The fourth-order valence-electron chi connectivity index (χ4n) is 2.99. The molecule has 0 radical (unpaired) electrons. The Hall–Kier alpha value is -3.48. The lowest BCUT2D eigenvalue weighted by molar-refractivity contribution is 0.0601. The van der Waals surface area contributed by atoms with Crippen molar-refractivity contribution < 1.29 is 28.2 Å². The van der Waals surface area contributed by atoms with Gasteiger partial charge in [0.2, 0.25) is 0 Å². The summed E-state index contributed by atoms with van der Waals surface area (Å²) in [5, 5.41) is 3.58. The minimum atomic E-state index is -0.617. The molecule has 1 N–H and O–H groups in total. The van der Waals surface area contributed by atoms with Crippen LogP contribution in [-0.4, -0.2) is 33.2 Å². The quantitative estimate of drug-likeness (QED) is 0.668. The Balaban J connectivity index is 2.04. The molecule has 0 aliphatic carbocycles. The van der Waals surface area contributed by atoms with Gasteiger partial charge in [0.05, 0.1) is 32.6 Å². The van der Waals surface area contributed by atoms with Gasteiger partial charge >= 0.3 is 5.97 Å². The number of carbonyl (C=O) groups excluding carboxylic acids is 2. The van der Waals surface area contributed by atoms with E-state index in [2.05, 4.69) is 5.32 Å². The standard InChI is InChI=1S/C21H21NO6/c1-11-6-7-16-13(8-11)12(2)19(28-16)20(23)22-15-10-18(26-4)17(25-3)9-14(15)21(24)27-5/h6-10H,1-5H3,(H,22,23). The van der Waals surface area contributed by atoms with Crippen LogP contribution in [0.1, 0.15) is 32.0 Å². The first-order chi connectivity index (χ1) is 13.4. The number of esters is 1. The molecular formula is C21H21NO6. The van der Waals surface area contributed by atoms with Crippen molar-refractivity contribution in [2.75, 3.05) is 26.6 Å². The molecule has 3 rings (SSSR count). The van der Waals surface area contributed by atoms with Crippen LogP contribution in [0.5, 0.6) is 11.5 Å². The van der Waals surface area contributed by atoms with Crippen molar-refractivity contribution in [3.8, 4) is 11.5 Å². The number of nitrogens with one attached hydrogen (secondary N) is 1. The predicted octanol–water partition coefficient (Wildman–Crippen LogP) is 4.11. The van der Waals surface area contributed by atoms with Gasteiger partial charge in [-0.25, -0.2) is 4.79 Å². The van der Waals surface area contributed by atoms with Gasteiger partial charge in [-0.1, -0.05) is 11.6 Å². The SMILES string of the molecule is COC(=O)c1cc(OC)c(OC)cc1NC(=O)c1oc2ccc(C)cc2c1C. The van der Waals surface area contributed by atoms with E-state index in [0.717, 1.165) is 16.5 Å². The number of aryl methyl sites for hydroxylation is 2. The van der Waals surface area contributed by atoms with Gasteiger partial charge in [0, 0.05) is 23.1 Å². The van der Waals surface area contributed by atoms with Gasteiger partial charge < -0.3 is 23.9 Å². The lowest BCUT2D eigenvalue weighted by atomic mass is 10.1. The Morgan fingerprint density at radius 2 is 1.64 bits per heavy atom. The predicted molar refractivity (Wildman–Crippen MR) is 105 cm³/mol. The van der Waals surface area contributed by atoms with Crippen LogP contribution in [0.15, 0.2) is 34.7 Å². The maximum absolute atomic E-state index is 12.9. The van der Waals surface area contributed by atoms with Crippen LogP contribution >= 0.6 is 0 Å². The normalized spacial score (nSPS) is 10.6. The Morgan fingerprint density at radius 3 is 2.29 bits per heavy atom. The van der Waals surface area contributed by atoms with Crippen LogP contribution in [0.3, 0.4) is 0 Å². The molecule has 0 saturated heterocycles. The third kappa shape index (κ3) is 3.38. The Morgan fingerprint density at radius 1 is 0.964 bits per heavy atom. The lowest BCUT2D eigenvalue weighted by Crippen LogP contribution is -2.16. The number of anilines is 1. The highest BCUT2D eigenvalue weighted by molar-refractivity contribution is 6.09. The van der Waals surface area contributed by atoms with Gasteiger partial charge in [-0.2, -0.15) is 0 Å². The van der Waals surface area contributed by atoms with Gasteiger partial charge in [0.1, 0.15) is 5.58 Å². The summed E-state index contributed by atoms with van der Waals surface area (Å²) in [4.78, 5) is 25.0. The number of hydrogen-bond donors (Lipinski definition) is 1. The molecule has 0 atom stereocenters. The largest absolute Gasteiger partial charge is 0.493 e. The number of ether oxygens (including phenoxy) is 3. The second-order valence-corrected chi connectivity index (χ2v) is 6.25. The number of methoxy groups -OCH3 is 3. The molecule has 28 heavy (non-hydrogen) atoms. The van der Waals surface area contributed by atoms with E-state index in [1.165, 1.54) is 33.5 Å². The van der Waals surface area contributed by atoms with Crippen molar-refractivity contribution in [3.05, 3.63) is 52.8 Å². The van der Waals surface area contributed by atoms with Gasteiger partial charge in [-0.15, -0.1) is 0 Å². The number of furan rings is 1. The first-order valence-corrected chi connectivity index (χ1v) is 8.55. The zero-order valence-electron chi connectivity index (χ0n) is 16.3. The van der Waals surface area contributed by atoms with Gasteiger partial charge in [-0.3, -0.25) is 4.79 Å². The van der Waals surface area contributed by atoms with Crippen molar-refractivity contribution in [1.82, 2.24) is 0 Å². The monoisotopic (exact) mass is 383 g/mol. The molecule has 1 aromatic heterocycles. The molecule has 0 fully saturated rings. The molecule has 2 aromatic carbocycles. The third-order valence-electron chi connectivity index (χ3n) is 4.48. The molecule has 1 heterocycles. The van der Waals surface area contributed by atoms with Crippen molar-refractivity contribution in [2.24, 2.45) is 0 Å². The molecule has 0 bridgehead atoms. The smallest absolute Gasteiger partial charge is 0.340 e. The summed E-state index contributed by atoms with van der Waals surface area (Å²) in [6.07, 6.45) is 0. The number of carbonyl (C=O) groups is 2. The molecule has 3 aromatic rings. The van der Waals surface area contributed by atoms with Crippen molar-refractivity contribution >= 4 is 28.5 Å². The summed E-state index contributed by atoms with van der Waals surface area (Å²) in [7, 11) is 4.18. The minimum absolute atomic E-state index is 0.137. The average molecular weight is 383 g/mol. The number of fused-ring (bicyclic) bond motifs is 1. The second-order valence-electron chi connectivity index (χ2n) is 6.25. The number of benzene rings is 2. The molecule has 0 aliphatic heterocycles. The Labute approximate surface area is 162 Å². The van der Waals surface area contributed by atoms with Gasteiger partial charge in [0.25, 0.3) is 5.91 Å². The number of amides is 1. The molecular weight excluding hydrogens is 362 g/mol. The summed E-state index contributed by atoms with van der Waals surface area (Å²) in [5.74, 6) is -0.221. The van der Waals surface area contributed by atoms with Gasteiger partial charge in [0.15, 0.2) is 17.3 Å². The third-order valence-corrected chi connectivity index (χ3v) is 4.48. The maximum atomic E-state index is 12.9. The highest BCUT2D eigenvalue weighted by Crippen LogP contribution is 2.34. The van der Waals surface area contributed by atoms with Crippen LogP contribution in [0, 0.1) is 13.8 Å². The van der Waals surface area contributed by atoms with E-state index in [0.29, 0.717) is 17.1 Å². The van der Waals surface area contributed by atoms with E-state index in [4.69, 9.17) is 18.6 Å². The Bertz CT molecular complexity index is 1070. The van der Waals surface area contributed by atoms with Crippen LogP contribution in [-0.2, 0) is 4.74 Å². The van der Waals surface area contributed by atoms with Crippen molar-refractivity contribution in [1.29, 1.82) is 0 Å². The van der Waals surface area contributed by atoms with E-state index in [9.17, 15) is 9.59 Å². The zero-order valence-corrected chi connectivity index (χ0v) is 16.3. The first-order valence-electron chi connectivity index (χ1n) is 8.55. The lowest BCUT2D eigenvalue weighted by Gasteiger charge is -2.14. The second kappa shape index (κ2) is 7.64. The van der Waals surface area contributed by atoms with Crippen LogP contribution in [0.25, 0.3) is 11.0 Å². The molecule has 7 nitrogen and oxygen atoms in total. The summed E-state index contributed by atoms with van der Waals surface area (Å²) >= 11 is 0. The molecule has 7 heteroatoms. The molecule has 146 valence electrons. The summed E-state index contributed by atoms with van der Waals surface area (Å²) < 4.78 is 21.0. The maximum Gasteiger partial charge on any atom is 0.340 e. The molecule has 0 aliphatic rings. The summed E-state index contributed by atoms with van der Waals surface area (Å²) in [6, 6.07) is 8.66. The van der Waals surface area contributed by atoms with E-state index in [1.54, 1.807) is 0 Å². The number of rotatable bonds is 5. The van der Waals surface area contributed by atoms with Crippen LogP contribution in [0.4, 0.5) is 5.69 Å². The average Bonchev–Trinajstić information content (AvgIpc) is 3.03. The van der Waals surface area contributed by atoms with Crippen LogP contribution < -0.4 is 14.8 Å². The highest BCUT2D eigenvalue weighted by atomic mass is 16.5. The number of hydrogen-bond acceptors (Lipinski definition) is 6. The van der Waals surface area contributed by atoms with Crippen molar-refractivity contribution in [2.45, 2.75) is 13.8 Å². The van der Waals surface area contributed by atoms with E-state index in [1.807, 2.05) is 32.0 Å². The molecule has 0 spiro atoms. The van der Waals surface area contributed by atoms with Crippen LogP contribution in [0.2, 0.25) is 0 Å².